The van der Waals surface area contributed by atoms with Gasteiger partial charge in [0.25, 0.3) is 0 Å². The third-order valence-electron chi connectivity index (χ3n) is 4.58. The fraction of sp³-hybridized carbons (Fsp3) is 0.438. The van der Waals surface area contributed by atoms with E-state index in [1.165, 1.54) is 11.1 Å². The molecule has 0 unspecified atom stereocenters. The molecular formula is C16H18O2. The van der Waals surface area contributed by atoms with Gasteiger partial charge in [0.15, 0.2) is 0 Å². The molecule has 1 N–H and O–H groups in total. The quantitative estimate of drug-likeness (QED) is 0.809. The molecule has 18 heavy (non-hydrogen) atoms. The molecule has 0 aromatic heterocycles. The van der Waals surface area contributed by atoms with Crippen molar-refractivity contribution in [3.05, 3.63) is 47.5 Å². The van der Waals surface area contributed by atoms with Crippen LogP contribution in [0.1, 0.15) is 24.8 Å². The number of allylic oxidation sites excluding steroid dienone is 2. The maximum Gasteiger partial charge on any atom is 0.140 e. The summed E-state index contributed by atoms with van der Waals surface area (Å²) in [6.07, 6.45) is 2.74. The van der Waals surface area contributed by atoms with E-state index in [4.69, 9.17) is 0 Å². The minimum absolute atomic E-state index is 0.0328. The maximum absolute atomic E-state index is 12.1. The molecule has 0 spiro atoms. The zero-order chi connectivity index (χ0) is 12.7. The van der Waals surface area contributed by atoms with E-state index in [9.17, 15) is 9.90 Å². The average molecular weight is 242 g/mol. The zero-order valence-corrected chi connectivity index (χ0v) is 10.5. The van der Waals surface area contributed by atoms with Crippen LogP contribution >= 0.6 is 0 Å². The molecule has 2 nitrogen and oxygen atoms in total. The van der Waals surface area contributed by atoms with E-state index < -0.39 is 0 Å². The zero-order valence-electron chi connectivity index (χ0n) is 10.5. The van der Waals surface area contributed by atoms with E-state index in [0.717, 1.165) is 0 Å². The summed E-state index contributed by atoms with van der Waals surface area (Å²) in [5.41, 5.74) is 2.47. The van der Waals surface area contributed by atoms with Gasteiger partial charge in [-0.05, 0) is 24.3 Å². The van der Waals surface area contributed by atoms with E-state index in [1.807, 2.05) is 18.2 Å². The number of rotatable bonds is 2. The lowest BCUT2D eigenvalue weighted by Crippen LogP contribution is -2.44. The molecule has 4 rings (SSSR count). The monoisotopic (exact) mass is 242 g/mol. The molecular weight excluding hydrogens is 224 g/mol. The summed E-state index contributed by atoms with van der Waals surface area (Å²) in [6.45, 7) is 2.26. The van der Waals surface area contributed by atoms with Crippen molar-refractivity contribution in [3.63, 3.8) is 0 Å². The number of carbonyl (C=O) groups is 1. The molecule has 0 radical (unpaired) electrons. The molecule has 1 aromatic rings. The molecule has 1 saturated carbocycles. The number of carbonyl (C=O) groups excluding carboxylic acids is 1. The summed E-state index contributed by atoms with van der Waals surface area (Å²) in [7, 11) is 0. The number of fused-ring (bicyclic) bond motifs is 2. The minimum atomic E-state index is -0.0328. The summed E-state index contributed by atoms with van der Waals surface area (Å²) in [6, 6.07) is 10.1. The molecule has 1 aromatic carbocycles. The second-order valence-corrected chi connectivity index (χ2v) is 5.50. The Bertz CT molecular complexity index is 489. The molecule has 2 heteroatoms. The van der Waals surface area contributed by atoms with Gasteiger partial charge < -0.3 is 5.11 Å². The molecule has 94 valence electrons. The van der Waals surface area contributed by atoms with Crippen molar-refractivity contribution in [2.24, 2.45) is 17.8 Å². The summed E-state index contributed by atoms with van der Waals surface area (Å²) >= 11 is 0. The van der Waals surface area contributed by atoms with Crippen molar-refractivity contribution in [1.29, 1.82) is 0 Å². The Morgan fingerprint density at radius 3 is 2.67 bits per heavy atom. The third-order valence-corrected chi connectivity index (χ3v) is 4.58. The number of benzene rings is 1. The van der Waals surface area contributed by atoms with Gasteiger partial charge in [0, 0.05) is 24.9 Å². The van der Waals surface area contributed by atoms with Gasteiger partial charge >= 0.3 is 0 Å². The second kappa shape index (κ2) is 4.36. The van der Waals surface area contributed by atoms with E-state index in [-0.39, 0.29) is 30.3 Å². The molecule has 0 saturated heterocycles. The molecule has 2 bridgehead atoms. The van der Waals surface area contributed by atoms with E-state index in [1.54, 1.807) is 0 Å². The fourth-order valence-corrected chi connectivity index (χ4v) is 3.69. The van der Waals surface area contributed by atoms with Crippen LogP contribution in [-0.4, -0.2) is 17.5 Å². The second-order valence-electron chi connectivity index (χ2n) is 5.50. The van der Waals surface area contributed by atoms with Crippen molar-refractivity contribution in [2.75, 3.05) is 6.61 Å². The highest BCUT2D eigenvalue weighted by Crippen LogP contribution is 2.50. The van der Waals surface area contributed by atoms with Crippen LogP contribution in [0.5, 0.6) is 0 Å². The molecule has 0 amide bonds. The number of ketones is 1. The van der Waals surface area contributed by atoms with Crippen molar-refractivity contribution < 1.29 is 9.90 Å². The van der Waals surface area contributed by atoms with Gasteiger partial charge in [0.1, 0.15) is 5.78 Å². The van der Waals surface area contributed by atoms with Crippen molar-refractivity contribution in [2.45, 2.75) is 19.3 Å². The highest BCUT2D eigenvalue weighted by Gasteiger charge is 2.47. The maximum atomic E-state index is 12.1. The number of Topliss-reactive ketones (excluding diaryl/α,β-unsaturated/α-hetero) is 1. The van der Waals surface area contributed by atoms with Gasteiger partial charge in [-0.25, -0.2) is 0 Å². The van der Waals surface area contributed by atoms with Gasteiger partial charge in [-0.15, -0.1) is 0 Å². The van der Waals surface area contributed by atoms with Crippen molar-refractivity contribution >= 4 is 5.78 Å². The van der Waals surface area contributed by atoms with Gasteiger partial charge in [-0.2, -0.15) is 0 Å². The predicted molar refractivity (Wildman–Crippen MR) is 70.1 cm³/mol. The average Bonchev–Trinajstić information content (AvgIpc) is 2.40. The Hall–Kier alpha value is -1.41. The first-order valence-corrected chi connectivity index (χ1v) is 6.59. The molecule has 3 aliphatic rings. The van der Waals surface area contributed by atoms with Gasteiger partial charge in [0.05, 0.1) is 0 Å². The third kappa shape index (κ3) is 1.64. The van der Waals surface area contributed by atoms with Crippen LogP contribution in [0.15, 0.2) is 42.0 Å². The summed E-state index contributed by atoms with van der Waals surface area (Å²) < 4.78 is 0. The lowest BCUT2D eigenvalue weighted by atomic mass is 9.57. The Labute approximate surface area is 107 Å². The largest absolute Gasteiger partial charge is 0.396 e. The lowest BCUT2D eigenvalue weighted by molar-refractivity contribution is -0.127. The molecule has 0 heterocycles. The van der Waals surface area contributed by atoms with Crippen LogP contribution in [0, 0.1) is 17.8 Å². The van der Waals surface area contributed by atoms with E-state index in [0.29, 0.717) is 12.2 Å². The Morgan fingerprint density at radius 1 is 1.28 bits per heavy atom. The standard InChI is InChI=1S/C16H18O2/c1-10-7-13-15(18)8-12(10)14(9-17)16(13)11-5-3-2-4-6-11/h2-7,12-14,16-17H,8-9H2,1H3/t12-,13-,14+,16-/m0/s1. The number of hydrogen-bond donors (Lipinski definition) is 1. The first-order chi connectivity index (χ1) is 8.72. The highest BCUT2D eigenvalue weighted by molar-refractivity contribution is 5.87. The van der Waals surface area contributed by atoms with Gasteiger partial charge in [-0.1, -0.05) is 42.0 Å². The smallest absolute Gasteiger partial charge is 0.140 e. The Morgan fingerprint density at radius 2 is 2.00 bits per heavy atom. The predicted octanol–water partition coefficient (Wildman–Crippen LogP) is 2.54. The van der Waals surface area contributed by atoms with Crippen LogP contribution in [0.25, 0.3) is 0 Å². The first-order valence-electron chi connectivity index (χ1n) is 6.59. The first kappa shape index (κ1) is 11.7. The molecule has 3 aliphatic carbocycles. The van der Waals surface area contributed by atoms with Gasteiger partial charge in [-0.3, -0.25) is 4.79 Å². The molecule has 0 aliphatic heterocycles. The van der Waals surface area contributed by atoms with Gasteiger partial charge in [0.2, 0.25) is 0 Å². The molecule has 4 atom stereocenters. The topological polar surface area (TPSA) is 37.3 Å². The molecule has 1 fully saturated rings. The summed E-state index contributed by atoms with van der Waals surface area (Å²) in [5, 5.41) is 9.71. The Kier molecular flexibility index (Phi) is 2.83. The van der Waals surface area contributed by atoms with Crippen LogP contribution in [-0.2, 0) is 4.79 Å². The van der Waals surface area contributed by atoms with E-state index >= 15 is 0 Å². The van der Waals surface area contributed by atoms with Crippen LogP contribution in [0.3, 0.4) is 0 Å². The summed E-state index contributed by atoms with van der Waals surface area (Å²) in [5.74, 6) is 0.891. The highest BCUT2D eigenvalue weighted by atomic mass is 16.3. The Balaban J connectivity index is 2.06. The number of aliphatic hydroxyl groups excluding tert-OH is 1. The van der Waals surface area contributed by atoms with Crippen LogP contribution < -0.4 is 0 Å². The van der Waals surface area contributed by atoms with E-state index in [2.05, 4.69) is 25.1 Å². The number of hydrogen-bond acceptors (Lipinski definition) is 2. The van der Waals surface area contributed by atoms with Crippen LogP contribution in [0.4, 0.5) is 0 Å². The SMILES string of the molecule is CC1=C[C@H]2C(=O)C[C@@H]1[C@@H](CO)[C@H]2c1ccccc1. The lowest BCUT2D eigenvalue weighted by Gasteiger charge is -2.46. The normalized spacial score (nSPS) is 34.6. The fourth-order valence-electron chi connectivity index (χ4n) is 3.69. The van der Waals surface area contributed by atoms with Crippen molar-refractivity contribution in [1.82, 2.24) is 0 Å². The number of aliphatic hydroxyl groups is 1. The van der Waals surface area contributed by atoms with Crippen LogP contribution in [0.2, 0.25) is 0 Å². The van der Waals surface area contributed by atoms with Crippen molar-refractivity contribution in [3.8, 4) is 0 Å². The summed E-state index contributed by atoms with van der Waals surface area (Å²) in [4.78, 5) is 12.1. The minimum Gasteiger partial charge on any atom is -0.396 e.